The van der Waals surface area contributed by atoms with Crippen LogP contribution in [0.25, 0.3) is 0 Å². The zero-order valence-electron chi connectivity index (χ0n) is 50.6. The number of alkyl halides is 12. The summed E-state index contributed by atoms with van der Waals surface area (Å²) < 4.78 is 248. The number of hydrogen-bond donors (Lipinski definition) is 4. The first-order chi connectivity index (χ1) is 42.1. The third kappa shape index (κ3) is 47.0. The topological polar surface area (TPSA) is 395 Å². The van der Waals surface area contributed by atoms with Crippen LogP contribution in [0.2, 0.25) is 0 Å². The summed E-state index contributed by atoms with van der Waals surface area (Å²) in [4.78, 5) is 44.2. The second-order valence-corrected chi connectivity index (χ2v) is 23.7. The van der Waals surface area contributed by atoms with Crippen molar-refractivity contribution in [2.24, 2.45) is 27.6 Å². The van der Waals surface area contributed by atoms with Crippen LogP contribution in [-0.2, 0) is 134 Å². The molecule has 0 saturated heterocycles. The van der Waals surface area contributed by atoms with Gasteiger partial charge in [-0.3, -0.25) is 0 Å². The van der Waals surface area contributed by atoms with Gasteiger partial charge in [-0.15, -0.1) is 0 Å². The van der Waals surface area contributed by atoms with Gasteiger partial charge in [0.15, 0.2) is 32.3 Å². The van der Waals surface area contributed by atoms with Gasteiger partial charge in [-0.1, -0.05) is 32.4 Å². The molecule has 0 fully saturated rings. The zero-order valence-corrected chi connectivity index (χ0v) is 53.9. The molecule has 4 rings (SSSR count). The number of carbonyl (C=O) groups is 4. The second kappa shape index (κ2) is 43.3. The number of pyridine rings is 1. The number of aromatic nitrogens is 7. The molecule has 0 amide bonds. The molecule has 93 heavy (non-hydrogen) atoms. The number of rotatable bonds is 21. The number of halogens is 12. The van der Waals surface area contributed by atoms with E-state index < -0.39 is 62.1 Å². The van der Waals surface area contributed by atoms with Crippen molar-refractivity contribution in [2.45, 2.75) is 89.2 Å². The van der Waals surface area contributed by atoms with Crippen LogP contribution in [0.5, 0.6) is 0 Å². The van der Waals surface area contributed by atoms with E-state index in [9.17, 15) is 106 Å². The van der Waals surface area contributed by atoms with Gasteiger partial charge in [0.25, 0.3) is 0 Å². The largest absolute Gasteiger partial charge is 0.511 e. The van der Waals surface area contributed by atoms with Crippen molar-refractivity contribution < 1.29 is 152 Å². The fraction of sp³-hybridized carbons (Fsp3) is 0.458. The summed E-state index contributed by atoms with van der Waals surface area (Å²) in [7, 11) is -16.1. The molecule has 4 aromatic rings. The molecular weight excluding hydrogens is 1370 g/mol. The summed E-state index contributed by atoms with van der Waals surface area (Å²) in [5.74, 6) is -1.36. The lowest BCUT2D eigenvalue weighted by Gasteiger charge is -2.01. The predicted molar refractivity (Wildman–Crippen MR) is 300 cm³/mol. The van der Waals surface area contributed by atoms with Crippen LogP contribution in [0.1, 0.15) is 27.7 Å². The highest BCUT2D eigenvalue weighted by molar-refractivity contribution is 7.90. The van der Waals surface area contributed by atoms with Crippen LogP contribution in [0, 0.1) is 0 Å². The number of carbonyl (C=O) groups excluding carboxylic acids is 4. The lowest BCUT2D eigenvalue weighted by Crippen LogP contribution is -2.35. The monoisotopic (exact) mass is 1450 g/mol. The Bertz CT molecular complexity index is 3280. The van der Waals surface area contributed by atoms with Gasteiger partial charge in [0.2, 0.25) is 19.0 Å². The number of nitrogens with two attached hydrogens (primary N) is 4. The van der Waals surface area contributed by atoms with Gasteiger partial charge in [0.05, 0.1) is 13.7 Å². The summed E-state index contributed by atoms with van der Waals surface area (Å²) in [5, 5.41) is 14.6. The van der Waals surface area contributed by atoms with Crippen LogP contribution in [0.15, 0.2) is 135 Å². The number of sulfonamides is 4. The molecule has 0 atom stereocenters. The molecule has 8 N–H and O–H groups in total. The molecule has 29 nitrogen and oxygen atoms in total. The van der Waals surface area contributed by atoms with Crippen LogP contribution < -0.4 is 38.8 Å². The number of primary sulfonamides is 4. The van der Waals surface area contributed by atoms with E-state index in [2.05, 4.69) is 46.9 Å². The number of hydrogen-bond acceptors (Lipinski definition) is 18. The van der Waals surface area contributed by atoms with E-state index in [4.69, 9.17) is 28.4 Å². The number of ether oxygens (including phenoxy) is 6. The third-order valence-electron chi connectivity index (χ3n) is 8.94. The molecule has 0 bridgehead atoms. The average molecular weight is 1450 g/mol. The second-order valence-electron chi connectivity index (χ2n) is 17.5. The molecule has 0 spiro atoms. The summed E-state index contributed by atoms with van der Waals surface area (Å²) in [6.45, 7) is 26.6. The maximum absolute atomic E-state index is 11.1. The lowest BCUT2D eigenvalue weighted by atomic mass is 10.4. The Morgan fingerprint density at radius 3 is 0.946 bits per heavy atom. The van der Waals surface area contributed by atoms with Crippen molar-refractivity contribution in [3.63, 3.8) is 0 Å². The summed E-state index contributed by atoms with van der Waals surface area (Å²) in [5.41, 5.74) is -19.5. The van der Waals surface area contributed by atoms with E-state index >= 15 is 0 Å². The quantitative estimate of drug-likeness (QED) is 0.0303. The van der Waals surface area contributed by atoms with Crippen molar-refractivity contribution in [1.29, 1.82) is 0 Å². The van der Waals surface area contributed by atoms with Crippen LogP contribution in [-0.4, -0.2) is 141 Å². The molecule has 0 aromatic carbocycles. The highest BCUT2D eigenvalue weighted by atomic mass is 32.2. The predicted octanol–water partition coefficient (Wildman–Crippen LogP) is 1.74. The normalized spacial score (nSPS) is 11.3. The molecule has 0 saturated carbocycles. The Kier molecular flexibility index (Phi) is 42.7. The maximum Gasteiger partial charge on any atom is 0.511 e. The Labute approximate surface area is 527 Å². The van der Waals surface area contributed by atoms with E-state index in [-0.39, 0.29) is 23.9 Å². The van der Waals surface area contributed by atoms with Crippen LogP contribution in [0.4, 0.5) is 52.7 Å². The molecular formula is C48H73F12N11O18S4+4. The average Bonchev–Trinajstić information content (AvgIpc) is 2.41. The van der Waals surface area contributed by atoms with Gasteiger partial charge in [-0.2, -0.15) is 52.7 Å². The first kappa shape index (κ1) is 91.8. The van der Waals surface area contributed by atoms with Gasteiger partial charge < -0.3 is 28.4 Å². The minimum absolute atomic E-state index is 0.332. The molecule has 0 unspecified atom stereocenters. The van der Waals surface area contributed by atoms with E-state index in [1.165, 1.54) is 0 Å². The molecule has 0 aliphatic heterocycles. The first-order valence-corrected chi connectivity index (χ1v) is 30.9. The Morgan fingerprint density at radius 1 is 0.409 bits per heavy atom. The van der Waals surface area contributed by atoms with Gasteiger partial charge in [-0.05, 0) is 27.7 Å². The van der Waals surface area contributed by atoms with E-state index in [1.807, 2.05) is 126 Å². The number of nitrogens with zero attached hydrogens (tertiary/aromatic N) is 7. The van der Waals surface area contributed by atoms with Crippen molar-refractivity contribution >= 4 is 64.0 Å². The van der Waals surface area contributed by atoms with Crippen molar-refractivity contribution in [3.8, 4) is 0 Å². The number of methoxy groups -OCH3 is 2. The number of imidazole rings is 3. The fourth-order valence-electron chi connectivity index (χ4n) is 4.38. The van der Waals surface area contributed by atoms with Gasteiger partial charge >= 0.3 is 86.0 Å². The van der Waals surface area contributed by atoms with E-state index in [0.717, 1.165) is 6.54 Å². The fourth-order valence-corrected chi connectivity index (χ4v) is 4.38. The molecule has 45 heteroatoms. The Balaban J connectivity index is -0.000000496. The van der Waals surface area contributed by atoms with Crippen molar-refractivity contribution in [1.82, 2.24) is 13.7 Å². The number of esters is 4. The third-order valence-corrected chi connectivity index (χ3v) is 11.5. The summed E-state index contributed by atoms with van der Waals surface area (Å²) >= 11 is 0. The molecule has 0 radical (unpaired) electrons. The van der Waals surface area contributed by atoms with Gasteiger partial charge in [0, 0.05) is 48.6 Å². The van der Waals surface area contributed by atoms with Crippen LogP contribution in [0.3, 0.4) is 0 Å². The Hall–Kier alpha value is -7.66. The van der Waals surface area contributed by atoms with Crippen molar-refractivity contribution in [3.05, 3.63) is 135 Å². The van der Waals surface area contributed by atoms with E-state index in [0.29, 0.717) is 88.2 Å². The van der Waals surface area contributed by atoms with Crippen molar-refractivity contribution in [2.75, 3.05) is 47.3 Å². The SMILES string of the molecule is C=C(C)C(=O)OCC[n+]1ccccc1.C=C(C)C(=O)OCCn1cc[n+](C)c1.C=C(C)C(=O)OCCn1cc[n+](CCOC)c1.C=C(C)C(=O)OCCn1cc[n+](COC)c1.NS(=O)(=O)C(F)(F)F.NS(=O)(=O)C(F)(F)F.NS(=O)(=O)C(F)(F)F.NS(=O)(=O)C(F)(F)F. The molecule has 4 aromatic heterocycles. The standard InChI is InChI=1S/C12H19N2O3.C11H17N2O3.C11H14NO2.C10H15N2O2.4CH2F3NO2S/c1-11(2)12(15)17-9-7-14-5-4-13(10-14)6-8-16-3;1-10(2)11(14)16-7-6-12-4-5-13(8-12)9-15-3;1-10(2)11(13)14-9-8-12-6-4-3-5-7-12;1-9(2)10(13)14-7-6-12-5-4-11(3)8-12;4*2-1(3,4)8(5,6)7/h4-5,10H,1,6-9H2,2-3H3;4-5,8H,1,6-7,9H2,2-3H3;3-7H,1,8-9H2,2H3;4-5,8H,1,6-7H2,2-3H3;4*(H2,5,6,7)/q4*+1;;;;. The maximum atomic E-state index is 11.1. The summed E-state index contributed by atoms with van der Waals surface area (Å²) in [6.07, 6.45) is 21.2. The minimum Gasteiger partial charge on any atom is -0.458 e. The highest BCUT2D eigenvalue weighted by Gasteiger charge is 2.44. The smallest absolute Gasteiger partial charge is 0.458 e. The molecule has 532 valence electrons. The van der Waals surface area contributed by atoms with Gasteiger partial charge in [-0.25, -0.2) is 105 Å². The molecule has 4 heterocycles. The van der Waals surface area contributed by atoms with Crippen LogP contribution >= 0.6 is 0 Å². The summed E-state index contributed by atoms with van der Waals surface area (Å²) in [6, 6.07) is 5.80. The molecule has 0 aliphatic carbocycles. The van der Waals surface area contributed by atoms with E-state index in [1.54, 1.807) is 41.9 Å². The highest BCUT2D eigenvalue weighted by Crippen LogP contribution is 2.21. The first-order valence-electron chi connectivity index (χ1n) is 24.7. The Morgan fingerprint density at radius 2 is 0.677 bits per heavy atom. The molecule has 0 aliphatic rings. The lowest BCUT2D eigenvalue weighted by molar-refractivity contribution is -0.730. The number of aryl methyl sites for hydroxylation is 1. The van der Waals surface area contributed by atoms with Gasteiger partial charge in [0.1, 0.15) is 83.2 Å². The zero-order chi connectivity index (χ0) is 73.6. The minimum atomic E-state index is -5.34.